The van der Waals surface area contributed by atoms with Crippen molar-refractivity contribution in [3.8, 4) is 0 Å². The van der Waals surface area contributed by atoms with E-state index in [-0.39, 0.29) is 5.91 Å². The lowest BCUT2D eigenvalue weighted by Crippen LogP contribution is -2.58. The van der Waals surface area contributed by atoms with Crippen LogP contribution in [0.15, 0.2) is 24.3 Å². The molecule has 1 fully saturated rings. The van der Waals surface area contributed by atoms with E-state index >= 15 is 0 Å². The SMILES string of the molecule is CC1CC(Nc2ccc(Cl)cc2)(C(N)=O)CCN1C. The third-order valence-electron chi connectivity index (χ3n) is 3.99. The number of nitrogens with two attached hydrogens (primary N) is 1. The van der Waals surface area contributed by atoms with Gasteiger partial charge in [0.05, 0.1) is 0 Å². The van der Waals surface area contributed by atoms with E-state index in [4.69, 9.17) is 17.3 Å². The summed E-state index contributed by atoms with van der Waals surface area (Å²) >= 11 is 5.87. The van der Waals surface area contributed by atoms with Crippen LogP contribution < -0.4 is 11.1 Å². The molecule has 0 spiro atoms. The quantitative estimate of drug-likeness (QED) is 0.892. The van der Waals surface area contributed by atoms with Gasteiger partial charge in [-0.05, 0) is 51.1 Å². The van der Waals surface area contributed by atoms with Gasteiger partial charge in [-0.3, -0.25) is 4.79 Å². The van der Waals surface area contributed by atoms with Crippen molar-refractivity contribution in [3.63, 3.8) is 0 Å². The van der Waals surface area contributed by atoms with Crippen molar-refractivity contribution in [2.45, 2.75) is 31.3 Å². The average molecular weight is 282 g/mol. The molecule has 0 radical (unpaired) electrons. The molecule has 1 aliphatic rings. The molecule has 3 N–H and O–H groups in total. The lowest BCUT2D eigenvalue weighted by atomic mass is 9.83. The number of rotatable bonds is 3. The van der Waals surface area contributed by atoms with E-state index in [1.54, 1.807) is 12.1 Å². The molecule has 4 nitrogen and oxygen atoms in total. The summed E-state index contributed by atoms with van der Waals surface area (Å²) in [6, 6.07) is 7.67. The van der Waals surface area contributed by atoms with Crippen molar-refractivity contribution < 1.29 is 4.79 Å². The summed E-state index contributed by atoms with van der Waals surface area (Å²) in [5.74, 6) is -0.289. The summed E-state index contributed by atoms with van der Waals surface area (Å²) in [5, 5.41) is 3.99. The van der Waals surface area contributed by atoms with Gasteiger partial charge in [0, 0.05) is 23.3 Å². The Balaban J connectivity index is 2.21. The molecule has 1 amide bonds. The van der Waals surface area contributed by atoms with Crippen molar-refractivity contribution in [2.75, 3.05) is 18.9 Å². The van der Waals surface area contributed by atoms with Crippen LogP contribution in [-0.2, 0) is 4.79 Å². The molecule has 0 aliphatic carbocycles. The molecular formula is C14H20ClN3O. The molecule has 1 aromatic rings. The molecule has 2 rings (SSSR count). The minimum atomic E-state index is -0.667. The van der Waals surface area contributed by atoms with E-state index in [1.165, 1.54) is 0 Å². The molecule has 0 aromatic heterocycles. The number of nitrogens with zero attached hydrogens (tertiary/aromatic N) is 1. The topological polar surface area (TPSA) is 58.4 Å². The van der Waals surface area contributed by atoms with Crippen LogP contribution in [0.2, 0.25) is 5.02 Å². The average Bonchev–Trinajstić information content (AvgIpc) is 2.37. The normalized spacial score (nSPS) is 28.1. The van der Waals surface area contributed by atoms with Gasteiger partial charge in [-0.15, -0.1) is 0 Å². The van der Waals surface area contributed by atoms with Gasteiger partial charge in [0.15, 0.2) is 0 Å². The fourth-order valence-corrected chi connectivity index (χ4v) is 2.68. The van der Waals surface area contributed by atoms with Crippen LogP contribution in [0.4, 0.5) is 5.69 Å². The highest BCUT2D eigenvalue weighted by Crippen LogP contribution is 2.30. The molecule has 1 aromatic carbocycles. The summed E-state index contributed by atoms with van der Waals surface area (Å²) in [4.78, 5) is 14.2. The maximum atomic E-state index is 11.9. The molecule has 5 heteroatoms. The molecule has 0 bridgehead atoms. The zero-order valence-corrected chi connectivity index (χ0v) is 12.1. The Morgan fingerprint density at radius 2 is 2.11 bits per heavy atom. The summed E-state index contributed by atoms with van der Waals surface area (Å²) in [6.07, 6.45) is 1.42. The van der Waals surface area contributed by atoms with Gasteiger partial charge in [-0.1, -0.05) is 11.6 Å². The highest BCUT2D eigenvalue weighted by atomic mass is 35.5. The minimum absolute atomic E-state index is 0.289. The van der Waals surface area contributed by atoms with Crippen molar-refractivity contribution in [1.82, 2.24) is 4.90 Å². The standard InChI is InChI=1S/C14H20ClN3O/c1-10-9-14(13(16)19,7-8-18(10)2)17-12-5-3-11(15)4-6-12/h3-6,10,17H,7-9H2,1-2H3,(H2,16,19). The summed E-state index contributed by atoms with van der Waals surface area (Å²) in [6.45, 7) is 2.96. The van der Waals surface area contributed by atoms with Crippen LogP contribution in [0.3, 0.4) is 0 Å². The van der Waals surface area contributed by atoms with Gasteiger partial charge in [0.25, 0.3) is 0 Å². The smallest absolute Gasteiger partial charge is 0.243 e. The number of likely N-dealkylation sites (tertiary alicyclic amines) is 1. The first-order chi connectivity index (χ1) is 8.93. The highest BCUT2D eigenvalue weighted by molar-refractivity contribution is 6.30. The number of carbonyl (C=O) groups excluding carboxylic acids is 1. The third-order valence-corrected chi connectivity index (χ3v) is 4.24. The predicted molar refractivity (Wildman–Crippen MR) is 78.3 cm³/mol. The molecule has 19 heavy (non-hydrogen) atoms. The first kappa shape index (κ1) is 14.2. The van der Waals surface area contributed by atoms with Crippen LogP contribution in [0.25, 0.3) is 0 Å². The lowest BCUT2D eigenvalue weighted by Gasteiger charge is -2.43. The fourth-order valence-electron chi connectivity index (χ4n) is 2.56. The van der Waals surface area contributed by atoms with Crippen molar-refractivity contribution in [1.29, 1.82) is 0 Å². The first-order valence-electron chi connectivity index (χ1n) is 6.47. The molecule has 1 saturated heterocycles. The van der Waals surface area contributed by atoms with E-state index in [9.17, 15) is 4.79 Å². The Labute approximate surface area is 118 Å². The summed E-state index contributed by atoms with van der Waals surface area (Å²) in [5.41, 5.74) is 5.85. The van der Waals surface area contributed by atoms with Crippen LogP contribution in [0.1, 0.15) is 19.8 Å². The Hall–Kier alpha value is -1.26. The van der Waals surface area contributed by atoms with Gasteiger partial charge in [0.1, 0.15) is 5.54 Å². The van der Waals surface area contributed by atoms with Crippen LogP contribution in [-0.4, -0.2) is 36.0 Å². The third kappa shape index (κ3) is 3.01. The maximum Gasteiger partial charge on any atom is 0.243 e. The second-order valence-corrected chi connectivity index (χ2v) is 5.80. The number of anilines is 1. The van der Waals surface area contributed by atoms with Crippen molar-refractivity contribution in [2.24, 2.45) is 5.73 Å². The maximum absolute atomic E-state index is 11.9. The number of benzene rings is 1. The monoisotopic (exact) mass is 281 g/mol. The Bertz CT molecular complexity index is 462. The zero-order chi connectivity index (χ0) is 14.0. The van der Waals surface area contributed by atoms with Crippen molar-refractivity contribution >= 4 is 23.2 Å². The highest BCUT2D eigenvalue weighted by Gasteiger charge is 2.41. The molecular weight excluding hydrogens is 262 g/mol. The Morgan fingerprint density at radius 3 is 2.63 bits per heavy atom. The van der Waals surface area contributed by atoms with Crippen LogP contribution >= 0.6 is 11.6 Å². The van der Waals surface area contributed by atoms with E-state index in [2.05, 4.69) is 24.2 Å². The number of hydrogen-bond acceptors (Lipinski definition) is 3. The zero-order valence-electron chi connectivity index (χ0n) is 11.3. The Kier molecular flexibility index (Phi) is 4.02. The minimum Gasteiger partial charge on any atom is -0.371 e. The number of hydrogen-bond donors (Lipinski definition) is 2. The first-order valence-corrected chi connectivity index (χ1v) is 6.85. The van der Waals surface area contributed by atoms with E-state index in [1.807, 2.05) is 12.1 Å². The number of amides is 1. The largest absolute Gasteiger partial charge is 0.371 e. The molecule has 2 unspecified atom stereocenters. The van der Waals surface area contributed by atoms with E-state index < -0.39 is 5.54 Å². The fraction of sp³-hybridized carbons (Fsp3) is 0.500. The lowest BCUT2D eigenvalue weighted by molar-refractivity contribution is -0.124. The molecule has 2 atom stereocenters. The summed E-state index contributed by atoms with van der Waals surface area (Å²) in [7, 11) is 2.07. The van der Waals surface area contributed by atoms with Crippen LogP contribution in [0.5, 0.6) is 0 Å². The van der Waals surface area contributed by atoms with E-state index in [0.29, 0.717) is 23.9 Å². The van der Waals surface area contributed by atoms with Gasteiger partial charge < -0.3 is 16.0 Å². The second-order valence-electron chi connectivity index (χ2n) is 5.36. The number of nitrogens with one attached hydrogen (secondary N) is 1. The second kappa shape index (κ2) is 5.39. The van der Waals surface area contributed by atoms with Gasteiger partial charge in [0.2, 0.25) is 5.91 Å². The van der Waals surface area contributed by atoms with Crippen molar-refractivity contribution in [3.05, 3.63) is 29.3 Å². The number of piperidine rings is 1. The molecule has 1 heterocycles. The molecule has 0 saturated carbocycles. The van der Waals surface area contributed by atoms with Gasteiger partial charge >= 0.3 is 0 Å². The Morgan fingerprint density at radius 1 is 1.47 bits per heavy atom. The van der Waals surface area contributed by atoms with Gasteiger partial charge in [-0.25, -0.2) is 0 Å². The number of carbonyl (C=O) groups is 1. The predicted octanol–water partition coefficient (Wildman–Crippen LogP) is 2.09. The number of halogens is 1. The van der Waals surface area contributed by atoms with E-state index in [0.717, 1.165) is 12.2 Å². The summed E-state index contributed by atoms with van der Waals surface area (Å²) < 4.78 is 0. The van der Waals surface area contributed by atoms with Crippen LogP contribution in [0, 0.1) is 0 Å². The molecule has 104 valence electrons. The molecule has 1 aliphatic heterocycles. The van der Waals surface area contributed by atoms with Gasteiger partial charge in [-0.2, -0.15) is 0 Å². The number of primary amides is 1.